The summed E-state index contributed by atoms with van der Waals surface area (Å²) in [5.41, 5.74) is 0. The number of imidazole rings is 1. The lowest BCUT2D eigenvalue weighted by atomic mass is 10.4. The molecule has 0 aliphatic carbocycles. The zero-order chi connectivity index (χ0) is 11.5. The van der Waals surface area contributed by atoms with Crippen LogP contribution in [-0.2, 0) is 6.42 Å². The Morgan fingerprint density at radius 3 is 2.88 bits per heavy atom. The molecule has 0 aliphatic heterocycles. The van der Waals surface area contributed by atoms with Crippen molar-refractivity contribution in [2.45, 2.75) is 13.3 Å². The molecular formula is C9H10ClN5O. The Labute approximate surface area is 97.3 Å². The lowest BCUT2D eigenvalue weighted by Crippen LogP contribution is -2.07. The van der Waals surface area contributed by atoms with Gasteiger partial charge >= 0.3 is 6.01 Å². The Morgan fingerprint density at radius 1 is 1.38 bits per heavy atom. The fourth-order valence-electron chi connectivity index (χ4n) is 1.30. The number of halogens is 1. The van der Waals surface area contributed by atoms with E-state index in [1.165, 1.54) is 7.11 Å². The van der Waals surface area contributed by atoms with Crippen molar-refractivity contribution < 1.29 is 4.74 Å². The van der Waals surface area contributed by atoms with Gasteiger partial charge in [0.1, 0.15) is 5.82 Å². The van der Waals surface area contributed by atoms with Crippen LogP contribution >= 0.6 is 11.6 Å². The van der Waals surface area contributed by atoms with Crippen molar-refractivity contribution in [3.05, 3.63) is 23.5 Å². The first-order chi connectivity index (χ1) is 7.74. The summed E-state index contributed by atoms with van der Waals surface area (Å²) in [5, 5.41) is 0.0950. The first-order valence-corrected chi connectivity index (χ1v) is 5.10. The smallest absolute Gasteiger partial charge is 0.322 e. The summed E-state index contributed by atoms with van der Waals surface area (Å²) in [4.78, 5) is 16.1. The van der Waals surface area contributed by atoms with Crippen LogP contribution in [0.15, 0.2) is 12.4 Å². The van der Waals surface area contributed by atoms with Gasteiger partial charge in [-0.1, -0.05) is 6.92 Å². The third-order valence-electron chi connectivity index (χ3n) is 2.01. The minimum absolute atomic E-state index is 0.0950. The molecule has 0 spiro atoms. The molecule has 0 fully saturated rings. The lowest BCUT2D eigenvalue weighted by Gasteiger charge is -2.05. The van der Waals surface area contributed by atoms with Gasteiger partial charge in [-0.15, -0.1) is 0 Å². The van der Waals surface area contributed by atoms with E-state index >= 15 is 0 Å². The SMILES string of the molecule is CCc1nccn1-c1nc(Cl)nc(OC)n1. The second-order valence-corrected chi connectivity index (χ2v) is 3.30. The van der Waals surface area contributed by atoms with Crippen LogP contribution in [0, 0.1) is 0 Å². The Balaban J connectivity index is 2.51. The van der Waals surface area contributed by atoms with E-state index in [0.717, 1.165) is 12.2 Å². The van der Waals surface area contributed by atoms with Crippen LogP contribution in [-0.4, -0.2) is 31.6 Å². The molecule has 0 aromatic carbocycles. The zero-order valence-electron chi connectivity index (χ0n) is 8.88. The average molecular weight is 240 g/mol. The molecule has 0 bridgehead atoms. The Morgan fingerprint density at radius 2 is 2.19 bits per heavy atom. The van der Waals surface area contributed by atoms with Crippen LogP contribution in [0.2, 0.25) is 5.28 Å². The van der Waals surface area contributed by atoms with E-state index in [1.54, 1.807) is 17.0 Å². The van der Waals surface area contributed by atoms with Crippen LogP contribution in [0.5, 0.6) is 6.01 Å². The standard InChI is InChI=1S/C9H10ClN5O/c1-3-6-11-4-5-15(6)8-12-7(10)13-9(14-8)16-2/h4-5H,3H2,1-2H3. The second kappa shape index (κ2) is 4.44. The molecule has 0 atom stereocenters. The van der Waals surface area contributed by atoms with Gasteiger partial charge in [0, 0.05) is 18.8 Å². The summed E-state index contributed by atoms with van der Waals surface area (Å²) in [6, 6.07) is 0.186. The van der Waals surface area contributed by atoms with Gasteiger partial charge in [-0.25, -0.2) is 4.98 Å². The number of rotatable bonds is 3. The molecule has 0 saturated heterocycles. The Hall–Kier alpha value is -1.69. The molecule has 0 aliphatic rings. The maximum absolute atomic E-state index is 5.77. The molecular weight excluding hydrogens is 230 g/mol. The van der Waals surface area contributed by atoms with Gasteiger partial charge in [-0.3, -0.25) is 4.57 Å². The second-order valence-electron chi connectivity index (χ2n) is 2.96. The quantitative estimate of drug-likeness (QED) is 0.807. The van der Waals surface area contributed by atoms with Crippen molar-refractivity contribution in [1.82, 2.24) is 24.5 Å². The van der Waals surface area contributed by atoms with Gasteiger partial charge in [0.25, 0.3) is 0 Å². The van der Waals surface area contributed by atoms with Crippen LogP contribution < -0.4 is 4.74 Å². The maximum atomic E-state index is 5.77. The summed E-state index contributed by atoms with van der Waals surface area (Å²) in [6.07, 6.45) is 4.23. The van der Waals surface area contributed by atoms with Crippen molar-refractivity contribution >= 4 is 11.6 Å². The van der Waals surface area contributed by atoms with Gasteiger partial charge < -0.3 is 4.74 Å². The van der Waals surface area contributed by atoms with E-state index in [0.29, 0.717) is 5.95 Å². The molecule has 2 heterocycles. The van der Waals surface area contributed by atoms with Crippen LogP contribution in [0.1, 0.15) is 12.7 Å². The van der Waals surface area contributed by atoms with Crippen molar-refractivity contribution in [2.75, 3.05) is 7.11 Å². The van der Waals surface area contributed by atoms with Crippen molar-refractivity contribution in [2.24, 2.45) is 0 Å². The highest BCUT2D eigenvalue weighted by atomic mass is 35.5. The van der Waals surface area contributed by atoms with Crippen LogP contribution in [0.25, 0.3) is 5.95 Å². The van der Waals surface area contributed by atoms with Crippen LogP contribution in [0.3, 0.4) is 0 Å². The third kappa shape index (κ3) is 1.96. The molecule has 16 heavy (non-hydrogen) atoms. The fraction of sp³-hybridized carbons (Fsp3) is 0.333. The van der Waals surface area contributed by atoms with E-state index in [9.17, 15) is 0 Å². The normalized spacial score (nSPS) is 10.4. The predicted octanol–water partition coefficient (Wildman–Crippen LogP) is 1.28. The third-order valence-corrected chi connectivity index (χ3v) is 2.18. The summed E-state index contributed by atoms with van der Waals surface area (Å²) >= 11 is 5.77. The molecule has 6 nitrogen and oxygen atoms in total. The van der Waals surface area contributed by atoms with E-state index in [1.807, 2.05) is 6.92 Å². The summed E-state index contributed by atoms with van der Waals surface area (Å²) in [6.45, 7) is 2.00. The molecule has 84 valence electrons. The average Bonchev–Trinajstić information content (AvgIpc) is 2.76. The zero-order valence-corrected chi connectivity index (χ0v) is 9.64. The minimum Gasteiger partial charge on any atom is -0.467 e. The number of aromatic nitrogens is 5. The first-order valence-electron chi connectivity index (χ1n) is 4.72. The van der Waals surface area contributed by atoms with Crippen molar-refractivity contribution in [1.29, 1.82) is 0 Å². The number of methoxy groups -OCH3 is 1. The minimum atomic E-state index is 0.0950. The highest BCUT2D eigenvalue weighted by Gasteiger charge is 2.09. The molecule has 0 radical (unpaired) electrons. The van der Waals surface area contributed by atoms with Crippen LogP contribution in [0.4, 0.5) is 0 Å². The summed E-state index contributed by atoms with van der Waals surface area (Å²) < 4.78 is 6.67. The van der Waals surface area contributed by atoms with Gasteiger partial charge in [0.15, 0.2) is 0 Å². The highest BCUT2D eigenvalue weighted by molar-refractivity contribution is 6.28. The Kier molecular flexibility index (Phi) is 3.00. The number of ether oxygens (including phenoxy) is 1. The summed E-state index contributed by atoms with van der Waals surface area (Å²) in [7, 11) is 1.48. The fourth-order valence-corrected chi connectivity index (χ4v) is 1.45. The molecule has 0 N–H and O–H groups in total. The largest absolute Gasteiger partial charge is 0.467 e. The molecule has 0 saturated carbocycles. The Bertz CT molecular complexity index is 498. The van der Waals surface area contributed by atoms with Crippen molar-refractivity contribution in [3.63, 3.8) is 0 Å². The molecule has 2 rings (SSSR count). The van der Waals surface area contributed by atoms with Gasteiger partial charge in [-0.05, 0) is 11.6 Å². The maximum Gasteiger partial charge on any atom is 0.322 e. The molecule has 7 heteroatoms. The molecule has 0 unspecified atom stereocenters. The lowest BCUT2D eigenvalue weighted by molar-refractivity contribution is 0.377. The first kappa shape index (κ1) is 10.8. The van der Waals surface area contributed by atoms with E-state index in [4.69, 9.17) is 16.3 Å². The van der Waals surface area contributed by atoms with Gasteiger partial charge in [0.05, 0.1) is 7.11 Å². The van der Waals surface area contributed by atoms with Crippen molar-refractivity contribution in [3.8, 4) is 12.0 Å². The topological polar surface area (TPSA) is 65.7 Å². The van der Waals surface area contributed by atoms with E-state index < -0.39 is 0 Å². The highest BCUT2D eigenvalue weighted by Crippen LogP contribution is 2.12. The predicted molar refractivity (Wildman–Crippen MR) is 57.9 cm³/mol. The van der Waals surface area contributed by atoms with E-state index in [2.05, 4.69) is 19.9 Å². The van der Waals surface area contributed by atoms with E-state index in [-0.39, 0.29) is 11.3 Å². The van der Waals surface area contributed by atoms with Gasteiger partial charge in [0.2, 0.25) is 11.2 Å². The molecule has 2 aromatic rings. The van der Waals surface area contributed by atoms with Gasteiger partial charge in [-0.2, -0.15) is 15.0 Å². The summed E-state index contributed by atoms with van der Waals surface area (Å²) in [5.74, 6) is 1.26. The monoisotopic (exact) mass is 239 g/mol. The number of hydrogen-bond donors (Lipinski definition) is 0. The number of nitrogens with zero attached hydrogens (tertiary/aromatic N) is 5. The number of hydrogen-bond acceptors (Lipinski definition) is 5. The number of aryl methyl sites for hydroxylation is 1. The molecule has 0 amide bonds. The molecule has 2 aromatic heterocycles.